The minimum atomic E-state index is -2.87. The zero-order valence-corrected chi connectivity index (χ0v) is 15.1. The SMILES string of the molecule is BNC(C(=O)N1CCC(F)(F)C1)[C@@H](C(=O)N(C)C)C1CCC(=O)CC1. The minimum absolute atomic E-state index is 0.00393. The molecule has 6 nitrogen and oxygen atoms in total. The van der Waals surface area contributed by atoms with Crippen molar-refractivity contribution in [2.45, 2.75) is 44.1 Å². The quantitative estimate of drug-likeness (QED) is 0.694. The molecule has 0 radical (unpaired) electrons. The molecule has 1 saturated heterocycles. The molecule has 2 atom stereocenters. The highest BCUT2D eigenvalue weighted by atomic mass is 19.3. The third-order valence-electron chi connectivity index (χ3n) is 5.24. The fourth-order valence-corrected chi connectivity index (χ4v) is 3.81. The van der Waals surface area contributed by atoms with Crippen LogP contribution in [-0.2, 0) is 14.4 Å². The van der Waals surface area contributed by atoms with Crippen LogP contribution in [0.1, 0.15) is 32.1 Å². The van der Waals surface area contributed by atoms with Gasteiger partial charge in [-0.3, -0.25) is 14.4 Å². The number of rotatable bonds is 5. The van der Waals surface area contributed by atoms with Gasteiger partial charge in [-0.1, -0.05) is 0 Å². The summed E-state index contributed by atoms with van der Waals surface area (Å²) in [6.07, 6.45) is 1.54. The zero-order chi connectivity index (χ0) is 18.8. The number of likely N-dealkylation sites (tertiary alicyclic amines) is 1. The lowest BCUT2D eigenvalue weighted by molar-refractivity contribution is -0.145. The van der Waals surface area contributed by atoms with E-state index in [-0.39, 0.29) is 30.6 Å². The third kappa shape index (κ3) is 4.57. The number of hydrogen-bond donors (Lipinski definition) is 1. The van der Waals surface area contributed by atoms with E-state index in [0.717, 1.165) is 4.90 Å². The van der Waals surface area contributed by atoms with Crippen molar-refractivity contribution < 1.29 is 23.2 Å². The Morgan fingerprint density at radius 1 is 1.32 bits per heavy atom. The van der Waals surface area contributed by atoms with Gasteiger partial charge in [0, 0.05) is 39.9 Å². The molecular formula is C16H26BF2N3O3. The number of halogens is 2. The van der Waals surface area contributed by atoms with Crippen molar-refractivity contribution >= 4 is 25.6 Å². The summed E-state index contributed by atoms with van der Waals surface area (Å²) < 4.78 is 27.0. The van der Waals surface area contributed by atoms with Gasteiger partial charge in [0.1, 0.15) is 5.78 Å². The van der Waals surface area contributed by atoms with Gasteiger partial charge in [-0.15, -0.1) is 0 Å². The van der Waals surface area contributed by atoms with Gasteiger partial charge in [0.2, 0.25) is 11.8 Å². The Balaban J connectivity index is 2.22. The predicted molar refractivity (Wildman–Crippen MR) is 90.8 cm³/mol. The molecule has 1 N–H and O–H groups in total. The first kappa shape index (κ1) is 19.8. The number of carbonyl (C=O) groups excluding carboxylic acids is 3. The molecule has 1 unspecified atom stereocenters. The second-order valence-electron chi connectivity index (χ2n) is 7.27. The van der Waals surface area contributed by atoms with Crippen LogP contribution in [0.2, 0.25) is 0 Å². The molecule has 1 heterocycles. The van der Waals surface area contributed by atoms with Crippen LogP contribution in [0.15, 0.2) is 0 Å². The van der Waals surface area contributed by atoms with Gasteiger partial charge in [-0.25, -0.2) is 8.78 Å². The molecule has 0 spiro atoms. The maximum atomic E-state index is 13.5. The lowest BCUT2D eigenvalue weighted by Gasteiger charge is -2.36. The number of amides is 2. The molecule has 2 fully saturated rings. The molecule has 140 valence electrons. The Morgan fingerprint density at radius 2 is 1.92 bits per heavy atom. The number of carbonyl (C=O) groups is 3. The summed E-state index contributed by atoms with van der Waals surface area (Å²) >= 11 is 0. The van der Waals surface area contributed by atoms with Gasteiger partial charge in [-0.2, -0.15) is 0 Å². The molecule has 1 saturated carbocycles. The molecule has 2 rings (SSSR count). The maximum absolute atomic E-state index is 13.5. The number of ketones is 1. The Hall–Kier alpha value is -1.51. The number of nitrogens with zero attached hydrogens (tertiary/aromatic N) is 2. The second kappa shape index (κ2) is 7.80. The highest BCUT2D eigenvalue weighted by molar-refractivity contribution is 6.07. The molecule has 0 aromatic carbocycles. The molecule has 1 aliphatic carbocycles. The lowest BCUT2D eigenvalue weighted by Crippen LogP contribution is -2.55. The van der Waals surface area contributed by atoms with Crippen molar-refractivity contribution in [2.24, 2.45) is 11.8 Å². The van der Waals surface area contributed by atoms with Gasteiger partial charge < -0.3 is 15.0 Å². The molecule has 0 aromatic heterocycles. The summed E-state index contributed by atoms with van der Waals surface area (Å²) in [6, 6.07) is -0.859. The van der Waals surface area contributed by atoms with Gasteiger partial charge in [-0.05, 0) is 18.8 Å². The van der Waals surface area contributed by atoms with E-state index >= 15 is 0 Å². The van der Waals surface area contributed by atoms with E-state index in [1.165, 1.54) is 4.90 Å². The Bertz CT molecular complexity index is 535. The fourth-order valence-electron chi connectivity index (χ4n) is 3.81. The number of Topliss-reactive ketones (excluding diaryl/α,β-unsaturated/α-hetero) is 1. The van der Waals surface area contributed by atoms with E-state index in [1.54, 1.807) is 22.1 Å². The summed E-state index contributed by atoms with van der Waals surface area (Å²) in [5, 5.41) is 2.88. The lowest BCUT2D eigenvalue weighted by atomic mass is 9.74. The van der Waals surface area contributed by atoms with E-state index in [0.29, 0.717) is 25.7 Å². The largest absolute Gasteiger partial charge is 0.351 e. The first-order chi connectivity index (χ1) is 11.7. The van der Waals surface area contributed by atoms with Crippen molar-refractivity contribution in [2.75, 3.05) is 27.2 Å². The average Bonchev–Trinajstić information content (AvgIpc) is 2.92. The topological polar surface area (TPSA) is 69.7 Å². The summed E-state index contributed by atoms with van der Waals surface area (Å²) in [4.78, 5) is 39.7. The molecule has 2 aliphatic rings. The number of alkyl halides is 2. The molecule has 9 heteroatoms. The van der Waals surface area contributed by atoms with Gasteiger partial charge >= 0.3 is 0 Å². The fraction of sp³-hybridized carbons (Fsp3) is 0.812. The summed E-state index contributed by atoms with van der Waals surface area (Å²) in [5.74, 6) is -4.15. The monoisotopic (exact) mass is 357 g/mol. The van der Waals surface area contributed by atoms with Crippen LogP contribution in [-0.4, -0.2) is 74.5 Å². The summed E-state index contributed by atoms with van der Waals surface area (Å²) in [6.45, 7) is -0.605. The zero-order valence-electron chi connectivity index (χ0n) is 15.1. The van der Waals surface area contributed by atoms with Gasteiger partial charge in [0.15, 0.2) is 7.98 Å². The summed E-state index contributed by atoms with van der Waals surface area (Å²) in [5.41, 5.74) is 0. The van der Waals surface area contributed by atoms with Crippen LogP contribution >= 0.6 is 0 Å². The summed E-state index contributed by atoms with van der Waals surface area (Å²) in [7, 11) is 4.80. The smallest absolute Gasteiger partial charge is 0.267 e. The number of nitrogens with one attached hydrogen (secondary N) is 1. The number of hydrogen-bond acceptors (Lipinski definition) is 4. The van der Waals surface area contributed by atoms with Crippen LogP contribution in [0.3, 0.4) is 0 Å². The van der Waals surface area contributed by atoms with E-state index in [1.807, 2.05) is 0 Å². The minimum Gasteiger partial charge on any atom is -0.351 e. The average molecular weight is 357 g/mol. The van der Waals surface area contributed by atoms with Crippen molar-refractivity contribution in [3.8, 4) is 0 Å². The van der Waals surface area contributed by atoms with E-state index < -0.39 is 30.3 Å². The van der Waals surface area contributed by atoms with Crippen molar-refractivity contribution in [3.63, 3.8) is 0 Å². The molecule has 0 bridgehead atoms. The van der Waals surface area contributed by atoms with E-state index in [4.69, 9.17) is 0 Å². The Kier molecular flexibility index (Phi) is 6.19. The molecule has 25 heavy (non-hydrogen) atoms. The van der Waals surface area contributed by atoms with Gasteiger partial charge in [0.25, 0.3) is 5.92 Å². The molecular weight excluding hydrogens is 331 g/mol. The Morgan fingerprint density at radius 3 is 2.36 bits per heavy atom. The Labute approximate surface area is 147 Å². The second-order valence-corrected chi connectivity index (χ2v) is 7.27. The normalized spacial score (nSPS) is 23.4. The maximum Gasteiger partial charge on any atom is 0.267 e. The molecule has 2 amide bonds. The molecule has 1 aliphatic heterocycles. The van der Waals surface area contributed by atoms with Gasteiger partial charge in [0.05, 0.1) is 18.5 Å². The van der Waals surface area contributed by atoms with Crippen LogP contribution in [0.4, 0.5) is 8.78 Å². The van der Waals surface area contributed by atoms with E-state index in [9.17, 15) is 23.2 Å². The first-order valence-electron chi connectivity index (χ1n) is 8.73. The van der Waals surface area contributed by atoms with Crippen LogP contribution < -0.4 is 5.23 Å². The predicted octanol–water partition coefficient (Wildman–Crippen LogP) is -0.176. The van der Waals surface area contributed by atoms with Crippen LogP contribution in [0, 0.1) is 11.8 Å². The van der Waals surface area contributed by atoms with Crippen molar-refractivity contribution in [1.29, 1.82) is 0 Å². The first-order valence-corrected chi connectivity index (χ1v) is 8.73. The van der Waals surface area contributed by atoms with Crippen molar-refractivity contribution in [1.82, 2.24) is 15.0 Å². The van der Waals surface area contributed by atoms with Crippen molar-refractivity contribution in [3.05, 3.63) is 0 Å². The molecule has 0 aromatic rings. The van der Waals surface area contributed by atoms with E-state index in [2.05, 4.69) is 5.23 Å². The van der Waals surface area contributed by atoms with Crippen LogP contribution in [0.25, 0.3) is 0 Å². The van der Waals surface area contributed by atoms with Crippen LogP contribution in [0.5, 0.6) is 0 Å². The highest BCUT2D eigenvalue weighted by Crippen LogP contribution is 2.34. The third-order valence-corrected chi connectivity index (χ3v) is 5.24. The highest BCUT2D eigenvalue weighted by Gasteiger charge is 2.46. The standard InChI is InChI=1S/C16H26BF2N3O3/c1-21(2)14(24)12(10-3-5-11(23)6-4-10)13(20-17)15(25)22-8-7-16(18,19)9-22/h10,12-13,20H,3-9,17H2,1-2H3/t12-,13?/m0/s1.